The number of thiophene rings is 1. The van der Waals surface area contributed by atoms with Crippen LogP contribution in [-0.2, 0) is 0 Å². The molecule has 1 atom stereocenters. The number of aliphatic hydroxyl groups excluding tert-OH is 1. The Bertz CT molecular complexity index is 528. The van der Waals surface area contributed by atoms with Crippen molar-refractivity contribution in [3.63, 3.8) is 0 Å². The lowest BCUT2D eigenvalue weighted by Gasteiger charge is -2.14. The molecule has 1 aromatic heterocycles. The molecular weight excluding hydrogens is 251 g/mol. The van der Waals surface area contributed by atoms with Gasteiger partial charge >= 0.3 is 0 Å². The second-order valence-electron chi connectivity index (χ2n) is 4.14. The van der Waals surface area contributed by atoms with E-state index in [1.54, 1.807) is 13.0 Å². The highest BCUT2D eigenvalue weighted by Gasteiger charge is 2.09. The maximum atomic E-state index is 13.2. The Kier molecular flexibility index (Phi) is 3.84. The largest absolute Gasteiger partial charge is 0.397 e. The van der Waals surface area contributed by atoms with E-state index in [1.165, 1.54) is 17.4 Å². The van der Waals surface area contributed by atoms with E-state index in [1.807, 2.05) is 16.8 Å². The van der Waals surface area contributed by atoms with Gasteiger partial charge in [0, 0.05) is 6.54 Å². The van der Waals surface area contributed by atoms with Gasteiger partial charge in [-0.25, -0.2) is 4.39 Å². The molecule has 3 nitrogen and oxygen atoms in total. The van der Waals surface area contributed by atoms with Crippen LogP contribution in [0.2, 0.25) is 0 Å². The summed E-state index contributed by atoms with van der Waals surface area (Å²) in [6.45, 7) is 2.02. The number of nitrogens with two attached hydrogens (primary N) is 1. The molecule has 96 valence electrons. The number of hydrogen-bond acceptors (Lipinski definition) is 4. The zero-order valence-corrected chi connectivity index (χ0v) is 10.8. The summed E-state index contributed by atoms with van der Waals surface area (Å²) < 4.78 is 13.2. The lowest BCUT2D eigenvalue weighted by molar-refractivity contribution is 0.192. The van der Waals surface area contributed by atoms with E-state index in [-0.39, 0.29) is 5.82 Å². The highest BCUT2D eigenvalue weighted by atomic mass is 32.1. The average molecular weight is 266 g/mol. The molecule has 0 radical (unpaired) electrons. The van der Waals surface area contributed by atoms with Crippen LogP contribution in [0.4, 0.5) is 15.8 Å². The summed E-state index contributed by atoms with van der Waals surface area (Å²) in [7, 11) is 0. The van der Waals surface area contributed by atoms with Gasteiger partial charge in [-0.05, 0) is 47.0 Å². The minimum atomic E-state index is -0.596. The Hall–Kier alpha value is -1.59. The molecule has 0 aliphatic rings. The van der Waals surface area contributed by atoms with Crippen molar-refractivity contribution in [2.24, 2.45) is 0 Å². The minimum absolute atomic E-state index is 0.323. The van der Waals surface area contributed by atoms with Crippen molar-refractivity contribution in [3.8, 4) is 0 Å². The topological polar surface area (TPSA) is 58.3 Å². The van der Waals surface area contributed by atoms with Crippen molar-refractivity contribution in [2.45, 2.75) is 13.0 Å². The molecule has 2 rings (SSSR count). The van der Waals surface area contributed by atoms with E-state index in [0.29, 0.717) is 23.5 Å². The van der Waals surface area contributed by atoms with Crippen molar-refractivity contribution in [2.75, 3.05) is 17.6 Å². The normalized spacial score (nSPS) is 12.4. The van der Waals surface area contributed by atoms with E-state index < -0.39 is 6.10 Å². The maximum absolute atomic E-state index is 13.2. The molecule has 4 N–H and O–H groups in total. The minimum Gasteiger partial charge on any atom is -0.397 e. The van der Waals surface area contributed by atoms with Gasteiger partial charge in [-0.3, -0.25) is 0 Å². The van der Waals surface area contributed by atoms with E-state index in [9.17, 15) is 9.50 Å². The first kappa shape index (κ1) is 12.9. The van der Waals surface area contributed by atoms with Crippen LogP contribution in [0.5, 0.6) is 0 Å². The van der Waals surface area contributed by atoms with Gasteiger partial charge in [0.15, 0.2) is 0 Å². The third-order valence-electron chi connectivity index (χ3n) is 2.74. The van der Waals surface area contributed by atoms with Crippen LogP contribution in [0.15, 0.2) is 29.0 Å². The van der Waals surface area contributed by atoms with Crippen LogP contribution < -0.4 is 11.1 Å². The number of anilines is 2. The predicted molar refractivity (Wildman–Crippen MR) is 73.3 cm³/mol. The third kappa shape index (κ3) is 2.80. The quantitative estimate of drug-likeness (QED) is 0.746. The fourth-order valence-corrected chi connectivity index (χ4v) is 2.35. The number of nitrogen functional groups attached to an aromatic ring is 1. The maximum Gasteiger partial charge on any atom is 0.128 e. The second-order valence-corrected chi connectivity index (χ2v) is 4.92. The van der Waals surface area contributed by atoms with Crippen molar-refractivity contribution >= 4 is 22.7 Å². The third-order valence-corrected chi connectivity index (χ3v) is 3.45. The van der Waals surface area contributed by atoms with E-state index >= 15 is 0 Å². The zero-order chi connectivity index (χ0) is 13.1. The smallest absolute Gasteiger partial charge is 0.128 e. The predicted octanol–water partition coefficient (Wildman–Crippen LogP) is 2.92. The Labute approximate surface area is 109 Å². The summed E-state index contributed by atoms with van der Waals surface area (Å²) in [5.41, 5.74) is 8.09. The number of aryl methyl sites for hydroxylation is 1. The van der Waals surface area contributed by atoms with Gasteiger partial charge in [0.1, 0.15) is 5.82 Å². The van der Waals surface area contributed by atoms with Gasteiger partial charge in [0.05, 0.1) is 17.5 Å². The van der Waals surface area contributed by atoms with Gasteiger partial charge in [0.25, 0.3) is 0 Å². The Morgan fingerprint density at radius 1 is 1.50 bits per heavy atom. The first-order valence-corrected chi connectivity index (χ1v) is 6.52. The molecule has 0 spiro atoms. The fraction of sp³-hybridized carbons (Fsp3) is 0.231. The fourth-order valence-electron chi connectivity index (χ4n) is 1.64. The van der Waals surface area contributed by atoms with Crippen molar-refractivity contribution < 1.29 is 9.50 Å². The molecule has 1 aromatic carbocycles. The molecule has 0 saturated heterocycles. The number of rotatable bonds is 4. The lowest BCUT2D eigenvalue weighted by Crippen LogP contribution is -2.13. The highest BCUT2D eigenvalue weighted by molar-refractivity contribution is 7.07. The van der Waals surface area contributed by atoms with E-state index in [0.717, 1.165) is 5.56 Å². The van der Waals surface area contributed by atoms with Crippen molar-refractivity contribution in [1.29, 1.82) is 0 Å². The SMILES string of the molecule is Cc1cc(NCC(O)c2ccsc2)c(N)cc1F. The molecule has 1 unspecified atom stereocenters. The number of aliphatic hydroxyl groups is 1. The summed E-state index contributed by atoms with van der Waals surface area (Å²) in [4.78, 5) is 0. The number of benzene rings is 1. The molecule has 0 aliphatic carbocycles. The molecule has 0 aliphatic heterocycles. The van der Waals surface area contributed by atoms with Gasteiger partial charge in [-0.1, -0.05) is 0 Å². The standard InChI is InChI=1S/C13H15FN2OS/c1-8-4-12(11(15)5-10(8)14)16-6-13(17)9-2-3-18-7-9/h2-5,7,13,16-17H,6,15H2,1H3. The Balaban J connectivity index is 2.04. The number of halogens is 1. The Morgan fingerprint density at radius 2 is 2.28 bits per heavy atom. The van der Waals surface area contributed by atoms with Gasteiger partial charge in [-0.15, -0.1) is 0 Å². The van der Waals surface area contributed by atoms with E-state index in [4.69, 9.17) is 5.73 Å². The monoisotopic (exact) mass is 266 g/mol. The molecule has 2 aromatic rings. The van der Waals surface area contributed by atoms with Crippen LogP contribution in [0.3, 0.4) is 0 Å². The summed E-state index contributed by atoms with van der Waals surface area (Å²) in [6, 6.07) is 4.80. The highest BCUT2D eigenvalue weighted by Crippen LogP contribution is 2.24. The van der Waals surface area contributed by atoms with Gasteiger partial charge in [0.2, 0.25) is 0 Å². The molecule has 5 heteroatoms. The molecule has 18 heavy (non-hydrogen) atoms. The second kappa shape index (κ2) is 5.37. The van der Waals surface area contributed by atoms with Crippen LogP contribution in [0.1, 0.15) is 17.2 Å². The first-order chi connectivity index (χ1) is 8.58. The average Bonchev–Trinajstić information content (AvgIpc) is 2.85. The summed E-state index contributed by atoms with van der Waals surface area (Å²) in [6.07, 6.45) is -0.596. The summed E-state index contributed by atoms with van der Waals surface area (Å²) in [5, 5.41) is 16.8. The molecule has 0 amide bonds. The van der Waals surface area contributed by atoms with Crippen molar-refractivity contribution in [1.82, 2.24) is 0 Å². The van der Waals surface area contributed by atoms with Gasteiger partial charge < -0.3 is 16.2 Å². The molecule has 1 heterocycles. The summed E-state index contributed by atoms with van der Waals surface area (Å²) in [5.74, 6) is -0.323. The zero-order valence-electron chi connectivity index (χ0n) is 9.98. The van der Waals surface area contributed by atoms with Crippen LogP contribution in [-0.4, -0.2) is 11.7 Å². The molecule has 0 saturated carbocycles. The van der Waals surface area contributed by atoms with E-state index in [2.05, 4.69) is 5.32 Å². The summed E-state index contributed by atoms with van der Waals surface area (Å²) >= 11 is 1.54. The number of nitrogens with one attached hydrogen (secondary N) is 1. The molecule has 0 fully saturated rings. The van der Waals surface area contributed by atoms with Crippen LogP contribution in [0, 0.1) is 12.7 Å². The van der Waals surface area contributed by atoms with Crippen molar-refractivity contribution in [3.05, 3.63) is 45.9 Å². The van der Waals surface area contributed by atoms with Crippen LogP contribution in [0.25, 0.3) is 0 Å². The lowest BCUT2D eigenvalue weighted by atomic mass is 10.1. The van der Waals surface area contributed by atoms with Crippen LogP contribution >= 0.6 is 11.3 Å². The van der Waals surface area contributed by atoms with Gasteiger partial charge in [-0.2, -0.15) is 11.3 Å². The molecule has 0 bridgehead atoms. The Morgan fingerprint density at radius 3 is 2.94 bits per heavy atom. The number of hydrogen-bond donors (Lipinski definition) is 3. The first-order valence-electron chi connectivity index (χ1n) is 5.57. The molecular formula is C13H15FN2OS.